The number of amides is 1. The number of hydrogen-bond donors (Lipinski definition) is 6. The number of hydrogen-bond acceptors (Lipinski definition) is 10. The van der Waals surface area contributed by atoms with Crippen LogP contribution < -0.4 is 5.73 Å². The predicted molar refractivity (Wildman–Crippen MR) is 110 cm³/mol. The molecule has 12 nitrogen and oxygen atoms in total. The fraction of sp³-hybridized carbons (Fsp3) is 0.381. The van der Waals surface area contributed by atoms with E-state index in [9.17, 15) is 44.8 Å². The van der Waals surface area contributed by atoms with Crippen molar-refractivity contribution in [3.05, 3.63) is 51.1 Å². The number of nitrogens with two attached hydrogens (primary N) is 1. The number of ketones is 2. The molecule has 1 aromatic rings. The maximum absolute atomic E-state index is 13.6. The lowest BCUT2D eigenvalue weighted by Gasteiger charge is -2.53. The Morgan fingerprint density at radius 2 is 1.85 bits per heavy atom. The number of nitroso groups, excluding NO2 is 1. The number of primary amides is 1. The maximum atomic E-state index is 13.6. The van der Waals surface area contributed by atoms with Gasteiger partial charge in [0.05, 0.1) is 22.9 Å². The molecular weight excluding hydrogens is 438 g/mol. The Labute approximate surface area is 186 Å². The SMILES string of the molecule is C[C@H]1c2cccc(O)c2C(O)=C2C(=O)[C@]3(O)C(O)=C(C(N)=O)C(=O)C(N(C)N=O)[C@@H]3[C@@H](O)[C@@H]21. The Kier molecular flexibility index (Phi) is 4.84. The molecule has 0 radical (unpaired) electrons. The summed E-state index contributed by atoms with van der Waals surface area (Å²) in [6, 6.07) is 2.51. The minimum atomic E-state index is -3.09. The van der Waals surface area contributed by atoms with E-state index in [-0.39, 0.29) is 11.3 Å². The summed E-state index contributed by atoms with van der Waals surface area (Å²) in [7, 11) is 1.04. The molecule has 1 amide bonds. The standard InChI is InChI=1S/C21H21N3O9/c1-6-7-4-3-5-8(25)10(7)15(26)11-9(6)16(27)13-14(24(2)23-33)17(28)12(20(22)31)19(30)21(13,32)18(11)29/h3-6,9,13-14,16,25-27,30,32H,1-2H3,(H2,22,31)/t6-,9+,13+,14?,16-,21-/m0/s1. The Balaban J connectivity index is 2.07. The third-order valence-electron chi connectivity index (χ3n) is 6.97. The summed E-state index contributed by atoms with van der Waals surface area (Å²) in [6.45, 7) is 1.60. The molecule has 6 atom stereocenters. The molecule has 0 heterocycles. The monoisotopic (exact) mass is 459 g/mol. The average Bonchev–Trinajstić information content (AvgIpc) is 2.75. The van der Waals surface area contributed by atoms with Crippen molar-refractivity contribution < 1.29 is 39.9 Å². The summed E-state index contributed by atoms with van der Waals surface area (Å²) in [5, 5.41) is 57.9. The summed E-state index contributed by atoms with van der Waals surface area (Å²) in [4.78, 5) is 49.8. The number of aliphatic hydroxyl groups is 4. The molecule has 33 heavy (non-hydrogen) atoms. The average molecular weight is 459 g/mol. The molecule has 1 aromatic carbocycles. The van der Waals surface area contributed by atoms with Crippen LogP contribution in [0, 0.1) is 16.7 Å². The zero-order chi connectivity index (χ0) is 24.6. The number of Topliss-reactive ketones (excluding diaryl/α,β-unsaturated/α-hetero) is 2. The molecule has 1 saturated carbocycles. The normalized spacial score (nSPS) is 33.3. The number of phenolic OH excluding ortho intramolecular Hbond substituents is 1. The lowest BCUT2D eigenvalue weighted by Crippen LogP contribution is -2.70. The van der Waals surface area contributed by atoms with Crippen LogP contribution in [0.15, 0.2) is 40.4 Å². The van der Waals surface area contributed by atoms with Crippen LogP contribution in [0.25, 0.3) is 5.76 Å². The molecule has 4 rings (SSSR count). The Morgan fingerprint density at radius 3 is 2.42 bits per heavy atom. The van der Waals surface area contributed by atoms with Crippen LogP contribution >= 0.6 is 0 Å². The van der Waals surface area contributed by atoms with Gasteiger partial charge in [-0.15, -0.1) is 4.91 Å². The van der Waals surface area contributed by atoms with Gasteiger partial charge in [-0.1, -0.05) is 19.1 Å². The number of nitrogens with zero attached hydrogens (tertiary/aromatic N) is 2. The second-order valence-corrected chi connectivity index (χ2v) is 8.48. The lowest BCUT2D eigenvalue weighted by molar-refractivity contribution is -0.170. The van der Waals surface area contributed by atoms with Gasteiger partial charge < -0.3 is 31.3 Å². The highest BCUT2D eigenvalue weighted by Crippen LogP contribution is 2.56. The number of carbonyl (C=O) groups excluding carboxylic acids is 3. The quantitative estimate of drug-likeness (QED) is 0.195. The van der Waals surface area contributed by atoms with Crippen LogP contribution in [-0.2, 0) is 14.4 Å². The van der Waals surface area contributed by atoms with Crippen molar-refractivity contribution in [3.63, 3.8) is 0 Å². The molecule has 0 bridgehead atoms. The highest BCUT2D eigenvalue weighted by atomic mass is 16.4. The molecule has 3 aliphatic carbocycles. The van der Waals surface area contributed by atoms with Crippen molar-refractivity contribution >= 4 is 23.2 Å². The molecular formula is C21H21N3O9. The Morgan fingerprint density at radius 1 is 1.21 bits per heavy atom. The fourth-order valence-electron chi connectivity index (χ4n) is 5.47. The van der Waals surface area contributed by atoms with Gasteiger partial charge in [-0.05, 0) is 17.5 Å². The van der Waals surface area contributed by atoms with Gasteiger partial charge in [0.2, 0.25) is 5.78 Å². The van der Waals surface area contributed by atoms with Crippen LogP contribution in [-0.4, -0.2) is 72.8 Å². The van der Waals surface area contributed by atoms with Crippen molar-refractivity contribution in [1.29, 1.82) is 0 Å². The second kappa shape index (κ2) is 7.12. The first-order valence-electron chi connectivity index (χ1n) is 9.95. The van der Waals surface area contributed by atoms with Crippen LogP contribution in [0.2, 0.25) is 0 Å². The zero-order valence-corrected chi connectivity index (χ0v) is 17.5. The first kappa shape index (κ1) is 22.4. The number of likely N-dealkylation sites (N-methyl/N-ethyl adjacent to an activating group) is 1. The molecule has 0 saturated heterocycles. The van der Waals surface area contributed by atoms with E-state index in [0.29, 0.717) is 10.6 Å². The summed E-state index contributed by atoms with van der Waals surface area (Å²) in [6.07, 6.45) is -1.79. The molecule has 0 aromatic heterocycles. The molecule has 0 spiro atoms. The highest BCUT2D eigenvalue weighted by Gasteiger charge is 2.68. The van der Waals surface area contributed by atoms with E-state index in [0.717, 1.165) is 7.05 Å². The summed E-state index contributed by atoms with van der Waals surface area (Å²) in [5.41, 5.74) is 0.763. The van der Waals surface area contributed by atoms with E-state index >= 15 is 0 Å². The van der Waals surface area contributed by atoms with E-state index in [2.05, 4.69) is 5.29 Å². The molecule has 1 fully saturated rings. The van der Waals surface area contributed by atoms with E-state index in [4.69, 9.17) is 5.73 Å². The third kappa shape index (κ3) is 2.61. The van der Waals surface area contributed by atoms with Crippen molar-refractivity contribution in [1.82, 2.24) is 5.01 Å². The van der Waals surface area contributed by atoms with Gasteiger partial charge in [0.25, 0.3) is 5.91 Å². The van der Waals surface area contributed by atoms with Crippen molar-refractivity contribution in [2.45, 2.75) is 30.6 Å². The largest absolute Gasteiger partial charge is 0.508 e. The summed E-state index contributed by atoms with van der Waals surface area (Å²) >= 11 is 0. The predicted octanol–water partition coefficient (Wildman–Crippen LogP) is -0.453. The molecule has 3 aliphatic rings. The van der Waals surface area contributed by atoms with E-state index < -0.39 is 75.6 Å². The molecule has 1 unspecified atom stereocenters. The van der Waals surface area contributed by atoms with Crippen molar-refractivity contribution in [2.24, 2.45) is 22.9 Å². The van der Waals surface area contributed by atoms with Crippen LogP contribution in [0.5, 0.6) is 5.75 Å². The van der Waals surface area contributed by atoms with Crippen molar-refractivity contribution in [2.75, 3.05) is 7.05 Å². The molecule has 12 heteroatoms. The van der Waals surface area contributed by atoms with E-state index in [1.807, 2.05) is 0 Å². The molecule has 0 aliphatic heterocycles. The van der Waals surface area contributed by atoms with E-state index in [1.165, 1.54) is 12.1 Å². The van der Waals surface area contributed by atoms with Crippen LogP contribution in [0.1, 0.15) is 24.0 Å². The van der Waals surface area contributed by atoms with Gasteiger partial charge >= 0.3 is 0 Å². The highest BCUT2D eigenvalue weighted by molar-refractivity contribution is 6.24. The van der Waals surface area contributed by atoms with Gasteiger partial charge in [-0.3, -0.25) is 19.4 Å². The number of rotatable bonds is 3. The van der Waals surface area contributed by atoms with Gasteiger partial charge in [0.1, 0.15) is 28.9 Å². The minimum absolute atomic E-state index is 0.0902. The number of benzene rings is 1. The number of fused-ring (bicyclic) bond motifs is 3. The summed E-state index contributed by atoms with van der Waals surface area (Å²) < 4.78 is 0. The van der Waals surface area contributed by atoms with Crippen LogP contribution in [0.4, 0.5) is 0 Å². The molecule has 7 N–H and O–H groups in total. The van der Waals surface area contributed by atoms with Gasteiger partial charge in [0.15, 0.2) is 11.4 Å². The Bertz CT molecular complexity index is 1190. The van der Waals surface area contributed by atoms with Crippen molar-refractivity contribution in [3.8, 4) is 5.75 Å². The zero-order valence-electron chi connectivity index (χ0n) is 17.5. The minimum Gasteiger partial charge on any atom is -0.508 e. The maximum Gasteiger partial charge on any atom is 0.255 e. The van der Waals surface area contributed by atoms with Gasteiger partial charge in [-0.2, -0.15) is 0 Å². The first-order valence-corrected chi connectivity index (χ1v) is 9.95. The summed E-state index contributed by atoms with van der Waals surface area (Å²) in [5.74, 6) is -10.2. The lowest BCUT2D eigenvalue weighted by atomic mass is 9.54. The van der Waals surface area contributed by atoms with Gasteiger partial charge in [0, 0.05) is 18.5 Å². The number of carbonyl (C=O) groups is 3. The number of phenols is 1. The second-order valence-electron chi connectivity index (χ2n) is 8.48. The number of aromatic hydroxyl groups is 1. The topological polar surface area (TPSA) is 211 Å². The molecule has 174 valence electrons. The third-order valence-corrected chi connectivity index (χ3v) is 6.97. The van der Waals surface area contributed by atoms with Crippen LogP contribution in [0.3, 0.4) is 0 Å². The smallest absolute Gasteiger partial charge is 0.255 e. The first-order chi connectivity index (χ1) is 15.4. The Hall–Kier alpha value is -3.77. The van der Waals surface area contributed by atoms with Gasteiger partial charge in [-0.25, -0.2) is 0 Å². The fourth-order valence-corrected chi connectivity index (χ4v) is 5.47. The number of aliphatic hydroxyl groups excluding tert-OH is 3. The van der Waals surface area contributed by atoms with E-state index in [1.54, 1.807) is 13.0 Å².